The fourth-order valence-corrected chi connectivity index (χ4v) is 1.77. The van der Waals surface area contributed by atoms with Crippen LogP contribution in [0.1, 0.15) is 26.3 Å². The Hall–Kier alpha value is -1.91. The maximum Gasteiger partial charge on any atom is 0.242 e. The van der Waals surface area contributed by atoms with Gasteiger partial charge in [0.05, 0.1) is 0 Å². The number of likely N-dealkylation sites (N-methyl/N-ethyl adjacent to an activating group) is 1. The van der Waals surface area contributed by atoms with Gasteiger partial charge in [0.2, 0.25) is 11.8 Å². The molecule has 0 heterocycles. The molecule has 2 amide bonds. The van der Waals surface area contributed by atoms with E-state index < -0.39 is 6.04 Å². The fourth-order valence-electron chi connectivity index (χ4n) is 1.77. The van der Waals surface area contributed by atoms with E-state index in [1.54, 1.807) is 19.1 Å². The van der Waals surface area contributed by atoms with Gasteiger partial charge in [0.1, 0.15) is 11.9 Å². The molecule has 0 saturated carbocycles. The van der Waals surface area contributed by atoms with Crippen LogP contribution < -0.4 is 5.32 Å². The van der Waals surface area contributed by atoms with Gasteiger partial charge in [0.25, 0.3) is 0 Å². The maximum atomic E-state index is 12.8. The Morgan fingerprint density at radius 1 is 1.32 bits per heavy atom. The molecule has 0 aromatic heterocycles. The van der Waals surface area contributed by atoms with Gasteiger partial charge in [0.15, 0.2) is 0 Å². The van der Waals surface area contributed by atoms with Crippen molar-refractivity contribution < 1.29 is 14.0 Å². The van der Waals surface area contributed by atoms with Crippen LogP contribution in [0.5, 0.6) is 0 Å². The highest BCUT2D eigenvalue weighted by atomic mass is 19.1. The lowest BCUT2D eigenvalue weighted by Gasteiger charge is -2.27. The van der Waals surface area contributed by atoms with E-state index in [-0.39, 0.29) is 24.2 Å². The molecule has 0 aliphatic rings. The second kappa shape index (κ2) is 6.87. The van der Waals surface area contributed by atoms with Gasteiger partial charge in [-0.25, -0.2) is 4.39 Å². The summed E-state index contributed by atoms with van der Waals surface area (Å²) in [5.41, 5.74) is 0.785. The molecule has 19 heavy (non-hydrogen) atoms. The van der Waals surface area contributed by atoms with Crippen LogP contribution in [0.15, 0.2) is 24.3 Å². The largest absolute Gasteiger partial charge is 0.355 e. The Kier molecular flexibility index (Phi) is 5.48. The molecular weight excluding hydrogens is 247 g/mol. The minimum absolute atomic E-state index is 0.192. The van der Waals surface area contributed by atoms with E-state index in [1.807, 2.05) is 6.92 Å². The first-order chi connectivity index (χ1) is 8.95. The molecule has 0 aliphatic carbocycles. The van der Waals surface area contributed by atoms with Crippen molar-refractivity contribution in [2.45, 2.75) is 33.4 Å². The lowest BCUT2D eigenvalue weighted by Crippen LogP contribution is -2.46. The Balaban J connectivity index is 2.80. The topological polar surface area (TPSA) is 49.4 Å². The summed E-state index contributed by atoms with van der Waals surface area (Å²) >= 11 is 0. The van der Waals surface area contributed by atoms with Gasteiger partial charge < -0.3 is 10.2 Å². The van der Waals surface area contributed by atoms with Crippen molar-refractivity contribution >= 4 is 11.8 Å². The van der Waals surface area contributed by atoms with Crippen LogP contribution in [-0.4, -0.2) is 29.3 Å². The van der Waals surface area contributed by atoms with Gasteiger partial charge in [-0.2, -0.15) is 0 Å². The number of rotatable bonds is 5. The molecule has 1 rings (SSSR count). The third-order valence-corrected chi connectivity index (χ3v) is 2.87. The quantitative estimate of drug-likeness (QED) is 0.882. The van der Waals surface area contributed by atoms with Gasteiger partial charge in [-0.05, 0) is 31.5 Å². The van der Waals surface area contributed by atoms with Crippen LogP contribution >= 0.6 is 0 Å². The minimum Gasteiger partial charge on any atom is -0.355 e. The van der Waals surface area contributed by atoms with Gasteiger partial charge in [-0.1, -0.05) is 12.1 Å². The van der Waals surface area contributed by atoms with Crippen LogP contribution in [0.25, 0.3) is 0 Å². The van der Waals surface area contributed by atoms with Crippen molar-refractivity contribution in [3.63, 3.8) is 0 Å². The molecule has 1 N–H and O–H groups in total. The van der Waals surface area contributed by atoms with E-state index in [1.165, 1.54) is 24.0 Å². The number of amides is 2. The zero-order valence-corrected chi connectivity index (χ0v) is 11.4. The summed E-state index contributed by atoms with van der Waals surface area (Å²) < 4.78 is 12.8. The zero-order valence-electron chi connectivity index (χ0n) is 11.4. The zero-order chi connectivity index (χ0) is 14.4. The normalized spacial score (nSPS) is 11.8. The molecule has 5 heteroatoms. The summed E-state index contributed by atoms with van der Waals surface area (Å²) in [5.74, 6) is -0.710. The minimum atomic E-state index is -0.553. The molecular formula is C14H19FN2O2. The molecule has 1 unspecified atom stereocenters. The average Bonchev–Trinajstić information content (AvgIpc) is 2.37. The van der Waals surface area contributed by atoms with Crippen molar-refractivity contribution in [1.82, 2.24) is 10.2 Å². The highest BCUT2D eigenvalue weighted by Crippen LogP contribution is 2.10. The number of nitrogens with zero attached hydrogens (tertiary/aromatic N) is 1. The molecule has 104 valence electrons. The highest BCUT2D eigenvalue weighted by molar-refractivity contribution is 5.86. The van der Waals surface area contributed by atoms with Crippen molar-refractivity contribution in [2.24, 2.45) is 0 Å². The molecule has 4 nitrogen and oxygen atoms in total. The van der Waals surface area contributed by atoms with E-state index in [0.29, 0.717) is 6.54 Å². The smallest absolute Gasteiger partial charge is 0.242 e. The third kappa shape index (κ3) is 4.35. The Bertz CT molecular complexity index is 445. The van der Waals surface area contributed by atoms with Gasteiger partial charge in [0, 0.05) is 20.0 Å². The first-order valence-electron chi connectivity index (χ1n) is 6.25. The molecule has 0 fully saturated rings. The van der Waals surface area contributed by atoms with Crippen molar-refractivity contribution in [3.05, 3.63) is 35.6 Å². The summed E-state index contributed by atoms with van der Waals surface area (Å²) in [5, 5.41) is 2.68. The van der Waals surface area contributed by atoms with Gasteiger partial charge >= 0.3 is 0 Å². The number of benzene rings is 1. The second-order valence-corrected chi connectivity index (χ2v) is 4.34. The Morgan fingerprint density at radius 2 is 1.89 bits per heavy atom. The monoisotopic (exact) mass is 266 g/mol. The second-order valence-electron chi connectivity index (χ2n) is 4.34. The standard InChI is InChI=1S/C14H19FN2O2/c1-4-16-14(19)10(2)17(11(3)18)9-12-5-7-13(15)8-6-12/h5-8,10H,4,9H2,1-3H3,(H,16,19). The number of nitrogens with one attached hydrogen (secondary N) is 1. The van der Waals surface area contributed by atoms with Gasteiger partial charge in [-0.15, -0.1) is 0 Å². The summed E-state index contributed by atoms with van der Waals surface area (Å²) in [7, 11) is 0. The first kappa shape index (κ1) is 15.1. The third-order valence-electron chi connectivity index (χ3n) is 2.87. The molecule has 1 atom stereocenters. The first-order valence-corrected chi connectivity index (χ1v) is 6.25. The predicted molar refractivity (Wildman–Crippen MR) is 70.8 cm³/mol. The van der Waals surface area contributed by atoms with Crippen LogP contribution in [0.3, 0.4) is 0 Å². The highest BCUT2D eigenvalue weighted by Gasteiger charge is 2.23. The number of hydrogen-bond donors (Lipinski definition) is 1. The summed E-state index contributed by atoms with van der Waals surface area (Å²) in [6, 6.07) is 5.34. The molecule has 0 radical (unpaired) electrons. The fraction of sp³-hybridized carbons (Fsp3) is 0.429. The Labute approximate surface area is 112 Å². The summed E-state index contributed by atoms with van der Waals surface area (Å²) in [6.07, 6.45) is 0. The molecule has 0 bridgehead atoms. The van der Waals surface area contributed by atoms with E-state index in [9.17, 15) is 14.0 Å². The van der Waals surface area contributed by atoms with E-state index in [0.717, 1.165) is 5.56 Å². The molecule has 0 aliphatic heterocycles. The van der Waals surface area contributed by atoms with Gasteiger partial charge in [-0.3, -0.25) is 9.59 Å². The van der Waals surface area contributed by atoms with E-state index in [4.69, 9.17) is 0 Å². The van der Waals surface area contributed by atoms with Crippen molar-refractivity contribution in [3.8, 4) is 0 Å². The lowest BCUT2D eigenvalue weighted by molar-refractivity contribution is -0.138. The maximum absolute atomic E-state index is 12.8. The van der Waals surface area contributed by atoms with E-state index >= 15 is 0 Å². The Morgan fingerprint density at radius 3 is 2.37 bits per heavy atom. The average molecular weight is 266 g/mol. The number of carbonyl (C=O) groups excluding carboxylic acids is 2. The summed E-state index contributed by atoms with van der Waals surface area (Å²) in [4.78, 5) is 24.9. The molecule has 1 aromatic carbocycles. The van der Waals surface area contributed by atoms with Crippen LogP contribution in [0.4, 0.5) is 4.39 Å². The van der Waals surface area contributed by atoms with Crippen LogP contribution in [-0.2, 0) is 16.1 Å². The predicted octanol–water partition coefficient (Wildman–Crippen LogP) is 1.70. The molecule has 0 saturated heterocycles. The lowest BCUT2D eigenvalue weighted by atomic mass is 10.1. The van der Waals surface area contributed by atoms with Crippen LogP contribution in [0, 0.1) is 5.82 Å². The molecule has 1 aromatic rings. The van der Waals surface area contributed by atoms with E-state index in [2.05, 4.69) is 5.32 Å². The van der Waals surface area contributed by atoms with Crippen molar-refractivity contribution in [1.29, 1.82) is 0 Å². The number of hydrogen-bond acceptors (Lipinski definition) is 2. The van der Waals surface area contributed by atoms with Crippen LogP contribution in [0.2, 0.25) is 0 Å². The SMILES string of the molecule is CCNC(=O)C(C)N(Cc1ccc(F)cc1)C(C)=O. The van der Waals surface area contributed by atoms with Crippen molar-refractivity contribution in [2.75, 3.05) is 6.54 Å². The summed E-state index contributed by atoms with van der Waals surface area (Å²) in [6.45, 7) is 5.72. The molecule has 0 spiro atoms. The number of carbonyl (C=O) groups is 2. The number of halogens is 1.